The van der Waals surface area contributed by atoms with Crippen LogP contribution in [-0.2, 0) is 21.2 Å². The van der Waals surface area contributed by atoms with Crippen LogP contribution in [0.4, 0.5) is 5.82 Å². The van der Waals surface area contributed by atoms with Crippen LogP contribution in [0.1, 0.15) is 45.6 Å². The molecule has 0 radical (unpaired) electrons. The van der Waals surface area contributed by atoms with Gasteiger partial charge in [-0.1, -0.05) is 24.3 Å². The number of amides is 1. The van der Waals surface area contributed by atoms with Crippen molar-refractivity contribution in [3.63, 3.8) is 0 Å². The van der Waals surface area contributed by atoms with E-state index < -0.39 is 15.6 Å². The second-order valence-electron chi connectivity index (χ2n) is 9.73. The van der Waals surface area contributed by atoms with Crippen molar-refractivity contribution in [2.45, 2.75) is 56.9 Å². The lowest BCUT2D eigenvalue weighted by atomic mass is 10.1. The van der Waals surface area contributed by atoms with Gasteiger partial charge in [-0.3, -0.25) is 4.79 Å². The monoisotopic (exact) mass is 509 g/mol. The van der Waals surface area contributed by atoms with Gasteiger partial charge >= 0.3 is 0 Å². The van der Waals surface area contributed by atoms with E-state index in [0.29, 0.717) is 17.9 Å². The van der Waals surface area contributed by atoms with Crippen molar-refractivity contribution in [3.8, 4) is 22.8 Å². The summed E-state index contributed by atoms with van der Waals surface area (Å²) >= 11 is 0. The topological polar surface area (TPSA) is 107 Å². The molecule has 2 N–H and O–H groups in total. The molecule has 0 spiro atoms. The first-order chi connectivity index (χ1) is 17.1. The maximum Gasteiger partial charge on any atom is 0.241 e. The number of unbranched alkanes of at least 4 members (excludes halogenated alkanes) is 1. The number of anilines is 1. The molecule has 0 saturated carbocycles. The van der Waals surface area contributed by atoms with Crippen molar-refractivity contribution in [1.29, 1.82) is 0 Å². The lowest BCUT2D eigenvalue weighted by molar-refractivity contribution is -0.116. The zero-order valence-electron chi connectivity index (χ0n) is 20.7. The summed E-state index contributed by atoms with van der Waals surface area (Å²) in [6.07, 6.45) is 2.87. The number of sulfonamides is 1. The minimum absolute atomic E-state index is 0.0972. The van der Waals surface area contributed by atoms with E-state index in [1.54, 1.807) is 51.1 Å². The molecule has 2 aromatic carbocycles. The van der Waals surface area contributed by atoms with Crippen LogP contribution in [0.15, 0.2) is 65.6 Å². The summed E-state index contributed by atoms with van der Waals surface area (Å²) in [6.45, 7) is 5.64. The molecule has 1 aromatic heterocycles. The number of pyridine rings is 1. The Balaban J connectivity index is 1.29. The number of nitrogens with zero attached hydrogens (tertiary/aromatic N) is 1. The van der Waals surface area contributed by atoms with E-state index in [0.717, 1.165) is 41.9 Å². The minimum atomic E-state index is -3.61. The average molecular weight is 510 g/mol. The summed E-state index contributed by atoms with van der Waals surface area (Å²) < 4.78 is 38.4. The molecule has 9 heteroatoms. The predicted molar refractivity (Wildman–Crippen MR) is 138 cm³/mol. The van der Waals surface area contributed by atoms with Crippen LogP contribution in [0.25, 0.3) is 11.3 Å². The largest absolute Gasteiger partial charge is 0.454 e. The first-order valence-electron chi connectivity index (χ1n) is 11.9. The van der Waals surface area contributed by atoms with Crippen molar-refractivity contribution in [2.75, 3.05) is 12.1 Å². The lowest BCUT2D eigenvalue weighted by Gasteiger charge is -2.20. The van der Waals surface area contributed by atoms with Crippen LogP contribution in [-0.4, -0.2) is 31.6 Å². The number of carbonyl (C=O) groups is 1. The molecule has 1 amide bonds. The number of nitrogens with one attached hydrogen (secondary N) is 2. The van der Waals surface area contributed by atoms with Crippen molar-refractivity contribution >= 4 is 21.7 Å². The summed E-state index contributed by atoms with van der Waals surface area (Å²) in [6, 6.07) is 17.8. The Morgan fingerprint density at radius 3 is 2.47 bits per heavy atom. The standard InChI is InChI=1S/C27H31N3O5S/c1-27(2,3)30-36(32,33)21-14-12-20(13-15-21)22-8-6-9-25(28-22)29-26(31)10-5-4-7-19-11-16-23-24(17-19)35-18-34-23/h6,8-9,11-17,30H,4-5,7,10,18H2,1-3H3,(H,28,29,31). The highest BCUT2D eigenvalue weighted by Gasteiger charge is 2.22. The van der Waals surface area contributed by atoms with Crippen molar-refractivity contribution in [1.82, 2.24) is 9.71 Å². The number of hydrogen-bond acceptors (Lipinski definition) is 6. The van der Waals surface area contributed by atoms with Crippen LogP contribution in [0.5, 0.6) is 11.5 Å². The van der Waals surface area contributed by atoms with Crippen LogP contribution in [0, 0.1) is 0 Å². The first-order valence-corrected chi connectivity index (χ1v) is 13.4. The number of benzene rings is 2. The van der Waals surface area contributed by atoms with E-state index in [1.807, 2.05) is 30.3 Å². The number of rotatable bonds is 9. The fourth-order valence-corrected chi connectivity index (χ4v) is 5.27. The van der Waals surface area contributed by atoms with E-state index in [1.165, 1.54) is 0 Å². The van der Waals surface area contributed by atoms with Gasteiger partial charge in [-0.15, -0.1) is 0 Å². The molecule has 36 heavy (non-hydrogen) atoms. The normalized spacial score (nSPS) is 13.0. The second-order valence-corrected chi connectivity index (χ2v) is 11.4. The highest BCUT2D eigenvalue weighted by molar-refractivity contribution is 7.89. The van der Waals surface area contributed by atoms with Gasteiger partial charge in [-0.05, 0) is 82.0 Å². The van der Waals surface area contributed by atoms with Gasteiger partial charge in [0.1, 0.15) is 5.82 Å². The Hall–Kier alpha value is -3.43. The Morgan fingerprint density at radius 2 is 1.72 bits per heavy atom. The van der Waals surface area contributed by atoms with Gasteiger partial charge in [0.05, 0.1) is 10.6 Å². The number of carbonyl (C=O) groups excluding carboxylic acids is 1. The molecule has 2 heterocycles. The molecule has 8 nitrogen and oxygen atoms in total. The fourth-order valence-electron chi connectivity index (χ4n) is 3.85. The maximum absolute atomic E-state index is 12.5. The zero-order chi connectivity index (χ0) is 25.8. The molecule has 3 aromatic rings. The van der Waals surface area contributed by atoms with Crippen LogP contribution in [0.3, 0.4) is 0 Å². The van der Waals surface area contributed by atoms with Gasteiger partial charge in [0.15, 0.2) is 11.5 Å². The molecule has 0 bridgehead atoms. The van der Waals surface area contributed by atoms with Gasteiger partial charge in [0.2, 0.25) is 22.7 Å². The SMILES string of the molecule is CC(C)(C)NS(=O)(=O)c1ccc(-c2cccc(NC(=O)CCCCc3ccc4c(c3)OCO4)n2)cc1. The molecule has 4 rings (SSSR count). The molecule has 0 fully saturated rings. The molecular weight excluding hydrogens is 478 g/mol. The zero-order valence-corrected chi connectivity index (χ0v) is 21.5. The summed E-state index contributed by atoms with van der Waals surface area (Å²) in [5.74, 6) is 1.90. The predicted octanol–water partition coefficient (Wildman–Crippen LogP) is 4.91. The fraction of sp³-hybridized carbons (Fsp3) is 0.333. The van der Waals surface area contributed by atoms with E-state index in [4.69, 9.17) is 9.47 Å². The van der Waals surface area contributed by atoms with E-state index >= 15 is 0 Å². The Morgan fingerprint density at radius 1 is 0.972 bits per heavy atom. The number of fused-ring (bicyclic) bond motifs is 1. The quantitative estimate of drug-likeness (QED) is 0.397. The van der Waals surface area contributed by atoms with Gasteiger partial charge in [-0.2, -0.15) is 0 Å². The van der Waals surface area contributed by atoms with Crippen molar-refractivity contribution in [3.05, 3.63) is 66.2 Å². The Bertz CT molecular complexity index is 1330. The molecule has 0 atom stereocenters. The third kappa shape index (κ3) is 6.83. The molecule has 1 aliphatic heterocycles. The first kappa shape index (κ1) is 25.7. The van der Waals surface area contributed by atoms with E-state index in [-0.39, 0.29) is 17.6 Å². The molecule has 1 aliphatic rings. The summed E-state index contributed by atoms with van der Waals surface area (Å²) in [4.78, 5) is 17.1. The highest BCUT2D eigenvalue weighted by atomic mass is 32.2. The second kappa shape index (κ2) is 10.7. The molecule has 0 aliphatic carbocycles. The Kier molecular flexibility index (Phi) is 7.61. The van der Waals surface area contributed by atoms with Gasteiger partial charge in [-0.25, -0.2) is 18.1 Å². The van der Waals surface area contributed by atoms with E-state index in [9.17, 15) is 13.2 Å². The minimum Gasteiger partial charge on any atom is -0.454 e. The van der Waals surface area contributed by atoms with E-state index in [2.05, 4.69) is 15.0 Å². The van der Waals surface area contributed by atoms with Crippen molar-refractivity contribution < 1.29 is 22.7 Å². The third-order valence-corrected chi connectivity index (χ3v) is 7.25. The molecular formula is C27H31N3O5S. The number of ether oxygens (including phenoxy) is 2. The van der Waals surface area contributed by atoms with Crippen LogP contribution in [0.2, 0.25) is 0 Å². The molecule has 0 saturated heterocycles. The van der Waals surface area contributed by atoms with Crippen LogP contribution >= 0.6 is 0 Å². The third-order valence-electron chi connectivity index (χ3n) is 5.47. The average Bonchev–Trinajstić information content (AvgIpc) is 3.29. The number of aromatic nitrogens is 1. The molecule has 190 valence electrons. The van der Waals surface area contributed by atoms with Crippen LogP contribution < -0.4 is 19.5 Å². The lowest BCUT2D eigenvalue weighted by Crippen LogP contribution is -2.40. The van der Waals surface area contributed by atoms with Gasteiger partial charge in [0.25, 0.3) is 0 Å². The Labute approximate surface area is 212 Å². The smallest absolute Gasteiger partial charge is 0.241 e. The number of hydrogen-bond donors (Lipinski definition) is 2. The number of aryl methyl sites for hydroxylation is 1. The summed E-state index contributed by atoms with van der Waals surface area (Å²) in [7, 11) is -3.61. The van der Waals surface area contributed by atoms with Crippen molar-refractivity contribution in [2.24, 2.45) is 0 Å². The van der Waals surface area contributed by atoms with Gasteiger partial charge in [0, 0.05) is 17.5 Å². The van der Waals surface area contributed by atoms with Gasteiger partial charge < -0.3 is 14.8 Å². The highest BCUT2D eigenvalue weighted by Crippen LogP contribution is 2.33. The summed E-state index contributed by atoms with van der Waals surface area (Å²) in [5.41, 5.74) is 1.98. The maximum atomic E-state index is 12.5. The molecule has 0 unspecified atom stereocenters. The summed E-state index contributed by atoms with van der Waals surface area (Å²) in [5, 5.41) is 2.85.